The maximum Gasteiger partial charge on any atom is 0.336 e. The van der Waals surface area contributed by atoms with Crippen LogP contribution in [0.2, 0.25) is 0 Å². The second kappa shape index (κ2) is 4.23. The first-order chi connectivity index (χ1) is 7.58. The molecule has 82 valence electrons. The lowest BCUT2D eigenvalue weighted by Gasteiger charge is -2.02. The minimum atomic E-state index is -1.16. The van der Waals surface area contributed by atoms with Crippen LogP contribution in [-0.4, -0.2) is 16.1 Å². The third-order valence-corrected chi connectivity index (χ3v) is 3.19. The van der Waals surface area contributed by atoms with Crippen LogP contribution in [0.25, 0.3) is 10.4 Å². The summed E-state index contributed by atoms with van der Waals surface area (Å²) in [5.74, 6) is -1.74. The number of benzene rings is 1. The Morgan fingerprint density at radius 3 is 2.81 bits per heavy atom. The molecular formula is C10H6FNO2S2. The predicted octanol–water partition coefficient (Wildman–Crippen LogP) is 2.94. The molecule has 6 heteroatoms. The van der Waals surface area contributed by atoms with Gasteiger partial charge in [-0.15, -0.1) is 24.0 Å². The average Bonchev–Trinajstić information content (AvgIpc) is 2.64. The van der Waals surface area contributed by atoms with E-state index in [1.165, 1.54) is 29.7 Å². The van der Waals surface area contributed by atoms with Crippen molar-refractivity contribution in [2.24, 2.45) is 0 Å². The lowest BCUT2D eigenvalue weighted by Crippen LogP contribution is -1.99. The predicted molar refractivity (Wildman–Crippen MR) is 61.7 cm³/mol. The summed E-state index contributed by atoms with van der Waals surface area (Å²) in [6.45, 7) is 0. The second-order valence-electron chi connectivity index (χ2n) is 3.00. The van der Waals surface area contributed by atoms with Crippen molar-refractivity contribution in [3.63, 3.8) is 0 Å². The van der Waals surface area contributed by atoms with Crippen LogP contribution in [0.15, 0.2) is 28.7 Å². The largest absolute Gasteiger partial charge is 0.478 e. The SMILES string of the molecule is O=C(O)c1cc(F)ccc1-c1cnc(S)s1. The summed E-state index contributed by atoms with van der Waals surface area (Å²) >= 11 is 5.29. The van der Waals surface area contributed by atoms with Gasteiger partial charge in [0, 0.05) is 11.8 Å². The maximum atomic E-state index is 12.9. The van der Waals surface area contributed by atoms with Gasteiger partial charge in [0.2, 0.25) is 0 Å². The van der Waals surface area contributed by atoms with E-state index in [0.29, 0.717) is 14.8 Å². The van der Waals surface area contributed by atoms with E-state index in [1.54, 1.807) is 0 Å². The van der Waals surface area contributed by atoms with Gasteiger partial charge in [-0.1, -0.05) is 0 Å². The minimum absolute atomic E-state index is 0.0722. The highest BCUT2D eigenvalue weighted by atomic mass is 32.2. The van der Waals surface area contributed by atoms with E-state index in [-0.39, 0.29) is 5.56 Å². The average molecular weight is 255 g/mol. The van der Waals surface area contributed by atoms with Crippen molar-refractivity contribution in [3.05, 3.63) is 35.8 Å². The van der Waals surface area contributed by atoms with Crippen LogP contribution in [0.1, 0.15) is 10.4 Å². The highest BCUT2D eigenvalue weighted by molar-refractivity contribution is 7.82. The van der Waals surface area contributed by atoms with Gasteiger partial charge in [-0.05, 0) is 18.2 Å². The van der Waals surface area contributed by atoms with E-state index in [0.717, 1.165) is 6.07 Å². The van der Waals surface area contributed by atoms with Crippen molar-refractivity contribution >= 4 is 29.9 Å². The third kappa shape index (κ3) is 2.07. The number of rotatable bonds is 2. The van der Waals surface area contributed by atoms with Gasteiger partial charge in [0.1, 0.15) is 10.2 Å². The van der Waals surface area contributed by atoms with Crippen LogP contribution in [0, 0.1) is 5.82 Å². The van der Waals surface area contributed by atoms with Gasteiger partial charge >= 0.3 is 5.97 Å². The number of carbonyl (C=O) groups is 1. The summed E-state index contributed by atoms with van der Waals surface area (Å²) in [4.78, 5) is 15.5. The molecular weight excluding hydrogens is 249 g/mol. The Morgan fingerprint density at radius 2 is 2.25 bits per heavy atom. The molecule has 0 unspecified atom stereocenters. The lowest BCUT2D eigenvalue weighted by atomic mass is 10.1. The fourth-order valence-corrected chi connectivity index (χ4v) is 2.35. The molecule has 0 fully saturated rings. The molecule has 0 aliphatic heterocycles. The molecule has 1 N–H and O–H groups in total. The number of hydrogen-bond acceptors (Lipinski definition) is 4. The topological polar surface area (TPSA) is 50.2 Å². The van der Waals surface area contributed by atoms with Crippen LogP contribution in [0.5, 0.6) is 0 Å². The molecule has 0 aliphatic carbocycles. The van der Waals surface area contributed by atoms with Crippen LogP contribution >= 0.6 is 24.0 Å². The molecule has 1 aromatic heterocycles. The number of aromatic nitrogens is 1. The molecule has 1 aromatic carbocycles. The molecule has 0 saturated heterocycles. The smallest absolute Gasteiger partial charge is 0.336 e. The lowest BCUT2D eigenvalue weighted by molar-refractivity contribution is 0.0697. The Labute approximate surface area is 100.0 Å². The molecule has 16 heavy (non-hydrogen) atoms. The summed E-state index contributed by atoms with van der Waals surface area (Å²) in [5, 5.41) is 8.96. The van der Waals surface area contributed by atoms with Gasteiger partial charge < -0.3 is 5.11 Å². The van der Waals surface area contributed by atoms with Crippen LogP contribution in [-0.2, 0) is 0 Å². The fraction of sp³-hybridized carbons (Fsp3) is 0. The Kier molecular flexibility index (Phi) is 2.93. The van der Waals surface area contributed by atoms with Crippen molar-refractivity contribution in [2.75, 3.05) is 0 Å². The number of thiol groups is 1. The summed E-state index contributed by atoms with van der Waals surface area (Å²) in [5.41, 5.74) is 0.378. The van der Waals surface area contributed by atoms with Crippen molar-refractivity contribution in [1.29, 1.82) is 0 Å². The van der Waals surface area contributed by atoms with E-state index < -0.39 is 11.8 Å². The number of aromatic carboxylic acids is 1. The molecule has 2 aromatic rings. The first-order valence-corrected chi connectivity index (χ1v) is 5.52. The summed E-state index contributed by atoms with van der Waals surface area (Å²) in [7, 11) is 0. The van der Waals surface area contributed by atoms with E-state index in [9.17, 15) is 9.18 Å². The van der Waals surface area contributed by atoms with Crippen LogP contribution < -0.4 is 0 Å². The highest BCUT2D eigenvalue weighted by Gasteiger charge is 2.14. The van der Waals surface area contributed by atoms with Crippen molar-refractivity contribution in [2.45, 2.75) is 4.34 Å². The molecule has 0 amide bonds. The van der Waals surface area contributed by atoms with Gasteiger partial charge in [0.05, 0.1) is 10.4 Å². The quantitative estimate of drug-likeness (QED) is 0.811. The highest BCUT2D eigenvalue weighted by Crippen LogP contribution is 2.30. The van der Waals surface area contributed by atoms with Crippen molar-refractivity contribution in [3.8, 4) is 10.4 Å². The summed E-state index contributed by atoms with van der Waals surface area (Å²) in [6.07, 6.45) is 1.52. The number of halogens is 1. The van der Waals surface area contributed by atoms with E-state index in [4.69, 9.17) is 5.11 Å². The summed E-state index contributed by atoms with van der Waals surface area (Å²) in [6, 6.07) is 3.65. The third-order valence-electron chi connectivity index (χ3n) is 1.97. The monoisotopic (exact) mass is 255 g/mol. The molecule has 0 radical (unpaired) electrons. The van der Waals surface area contributed by atoms with Crippen molar-refractivity contribution in [1.82, 2.24) is 4.98 Å². The fourth-order valence-electron chi connectivity index (χ4n) is 1.30. The molecule has 0 aliphatic rings. The van der Waals surface area contributed by atoms with Gasteiger partial charge in [-0.25, -0.2) is 14.2 Å². The number of carboxylic acid groups (broad SMARTS) is 1. The van der Waals surface area contributed by atoms with Gasteiger partial charge in [0.15, 0.2) is 0 Å². The maximum absolute atomic E-state index is 12.9. The Balaban J connectivity index is 2.60. The van der Waals surface area contributed by atoms with Gasteiger partial charge in [-0.3, -0.25) is 0 Å². The van der Waals surface area contributed by atoms with E-state index in [1.807, 2.05) is 0 Å². The first kappa shape index (κ1) is 11.1. The molecule has 0 atom stereocenters. The summed E-state index contributed by atoms with van der Waals surface area (Å²) < 4.78 is 13.5. The molecule has 0 spiro atoms. The Hall–Kier alpha value is -1.40. The number of nitrogens with zero attached hydrogens (tertiary/aromatic N) is 1. The Morgan fingerprint density at radius 1 is 1.50 bits per heavy atom. The minimum Gasteiger partial charge on any atom is -0.478 e. The zero-order valence-corrected chi connectivity index (χ0v) is 9.56. The van der Waals surface area contributed by atoms with E-state index >= 15 is 0 Å². The van der Waals surface area contributed by atoms with Gasteiger partial charge in [0.25, 0.3) is 0 Å². The standard InChI is InChI=1S/C10H6FNO2S2/c11-5-1-2-6(7(3-5)9(13)14)8-4-12-10(15)16-8/h1-4H,(H,12,15)(H,13,14). The number of hydrogen-bond donors (Lipinski definition) is 2. The zero-order valence-electron chi connectivity index (χ0n) is 7.85. The van der Waals surface area contributed by atoms with Gasteiger partial charge in [-0.2, -0.15) is 0 Å². The molecule has 1 heterocycles. The Bertz CT molecular complexity index is 554. The zero-order chi connectivity index (χ0) is 11.7. The molecule has 0 bridgehead atoms. The molecule has 0 saturated carbocycles. The molecule has 2 rings (SSSR count). The number of carboxylic acids is 1. The van der Waals surface area contributed by atoms with Crippen LogP contribution in [0.4, 0.5) is 4.39 Å². The first-order valence-electron chi connectivity index (χ1n) is 4.26. The number of thiazole rings is 1. The normalized spacial score (nSPS) is 10.4. The van der Waals surface area contributed by atoms with Crippen molar-refractivity contribution < 1.29 is 14.3 Å². The van der Waals surface area contributed by atoms with Crippen LogP contribution in [0.3, 0.4) is 0 Å². The van der Waals surface area contributed by atoms with E-state index in [2.05, 4.69) is 17.6 Å². The molecule has 3 nitrogen and oxygen atoms in total. The second-order valence-corrected chi connectivity index (χ2v) is 4.76.